The predicted molar refractivity (Wildman–Crippen MR) is 112 cm³/mol. The van der Waals surface area contributed by atoms with Gasteiger partial charge in [-0.05, 0) is 30.3 Å². The number of carbonyl (C=O) groups is 1. The lowest BCUT2D eigenvalue weighted by atomic mass is 10.2. The number of amides is 1. The summed E-state index contributed by atoms with van der Waals surface area (Å²) >= 11 is 0. The van der Waals surface area contributed by atoms with Gasteiger partial charge in [0.15, 0.2) is 0 Å². The van der Waals surface area contributed by atoms with E-state index in [0.29, 0.717) is 24.6 Å². The average molecular weight is 430 g/mol. The van der Waals surface area contributed by atoms with Gasteiger partial charge in [-0.25, -0.2) is 18.4 Å². The average Bonchev–Trinajstić information content (AvgIpc) is 3.29. The van der Waals surface area contributed by atoms with Gasteiger partial charge in [0.1, 0.15) is 17.9 Å². The first kappa shape index (κ1) is 21.5. The largest absolute Gasteiger partial charge is 0.496 e. The van der Waals surface area contributed by atoms with E-state index in [4.69, 9.17) is 4.74 Å². The van der Waals surface area contributed by atoms with Crippen molar-refractivity contribution in [1.82, 2.24) is 18.8 Å². The maximum atomic E-state index is 12.9. The van der Waals surface area contributed by atoms with Crippen molar-refractivity contribution in [3.8, 4) is 11.6 Å². The zero-order valence-electron chi connectivity index (χ0n) is 16.9. The summed E-state index contributed by atoms with van der Waals surface area (Å²) in [5.41, 5.74) is 0.576. The molecule has 0 aliphatic rings. The van der Waals surface area contributed by atoms with Gasteiger partial charge in [-0.15, -0.1) is 0 Å². The minimum atomic E-state index is -3.71. The molecular formula is C20H23N5O4S. The molecule has 1 aromatic carbocycles. The van der Waals surface area contributed by atoms with Gasteiger partial charge >= 0.3 is 0 Å². The Kier molecular flexibility index (Phi) is 6.48. The zero-order chi connectivity index (χ0) is 21.7. The minimum Gasteiger partial charge on any atom is -0.496 e. The van der Waals surface area contributed by atoms with Crippen molar-refractivity contribution in [2.24, 2.45) is 0 Å². The van der Waals surface area contributed by atoms with Crippen LogP contribution in [0.5, 0.6) is 5.75 Å². The second-order valence-corrected chi connectivity index (χ2v) is 8.22. The molecule has 1 N–H and O–H groups in total. The second-order valence-electron chi connectivity index (χ2n) is 6.28. The van der Waals surface area contributed by atoms with Crippen molar-refractivity contribution in [3.63, 3.8) is 0 Å². The highest BCUT2D eigenvalue weighted by molar-refractivity contribution is 7.89. The Balaban J connectivity index is 1.87. The van der Waals surface area contributed by atoms with E-state index in [-0.39, 0.29) is 16.2 Å². The molecule has 10 heteroatoms. The molecule has 2 heterocycles. The number of nitrogens with zero attached hydrogens (tertiary/aromatic N) is 4. The van der Waals surface area contributed by atoms with E-state index in [1.807, 2.05) is 0 Å². The van der Waals surface area contributed by atoms with Crippen LogP contribution in [-0.2, 0) is 10.0 Å². The fraction of sp³-hybridized carbons (Fsp3) is 0.250. The Labute approximate surface area is 175 Å². The van der Waals surface area contributed by atoms with Crippen LogP contribution in [0.15, 0.2) is 60.1 Å². The van der Waals surface area contributed by atoms with Crippen LogP contribution >= 0.6 is 0 Å². The van der Waals surface area contributed by atoms with E-state index >= 15 is 0 Å². The van der Waals surface area contributed by atoms with Crippen molar-refractivity contribution in [3.05, 3.63) is 60.8 Å². The predicted octanol–water partition coefficient (Wildman–Crippen LogP) is 2.56. The number of pyridine rings is 1. The van der Waals surface area contributed by atoms with Crippen LogP contribution in [0.2, 0.25) is 0 Å². The third kappa shape index (κ3) is 4.34. The Hall–Kier alpha value is -3.24. The summed E-state index contributed by atoms with van der Waals surface area (Å²) in [5, 5.41) is 2.73. The van der Waals surface area contributed by atoms with Crippen LogP contribution in [-0.4, -0.2) is 53.4 Å². The Morgan fingerprint density at radius 2 is 1.97 bits per heavy atom. The molecule has 0 radical (unpaired) electrons. The molecule has 0 saturated heterocycles. The lowest BCUT2D eigenvalue weighted by Gasteiger charge is -2.19. The molecule has 0 spiro atoms. The maximum absolute atomic E-state index is 12.9. The molecule has 2 aromatic heterocycles. The summed E-state index contributed by atoms with van der Waals surface area (Å²) in [5.74, 6) is 0.421. The molecule has 0 saturated carbocycles. The molecule has 30 heavy (non-hydrogen) atoms. The minimum absolute atomic E-state index is 0.0331. The summed E-state index contributed by atoms with van der Waals surface area (Å²) in [6.45, 7) is 4.19. The van der Waals surface area contributed by atoms with E-state index < -0.39 is 15.9 Å². The smallest absolute Gasteiger partial charge is 0.259 e. The van der Waals surface area contributed by atoms with Gasteiger partial charge in [-0.3, -0.25) is 9.36 Å². The second kappa shape index (κ2) is 9.06. The number of benzene rings is 1. The van der Waals surface area contributed by atoms with Crippen molar-refractivity contribution in [2.75, 3.05) is 25.5 Å². The van der Waals surface area contributed by atoms with E-state index in [9.17, 15) is 13.2 Å². The van der Waals surface area contributed by atoms with Crippen LogP contribution in [0.3, 0.4) is 0 Å². The summed E-state index contributed by atoms with van der Waals surface area (Å²) in [6, 6.07) is 7.67. The SMILES string of the molecule is CCN(CC)S(=O)(=O)c1ccc(OC)c(C(=O)Nc2ccc(-n3ccnc3)nc2)c1. The number of nitrogens with one attached hydrogen (secondary N) is 1. The summed E-state index contributed by atoms with van der Waals surface area (Å²) in [6.07, 6.45) is 6.53. The van der Waals surface area contributed by atoms with Crippen molar-refractivity contribution in [2.45, 2.75) is 18.7 Å². The van der Waals surface area contributed by atoms with E-state index in [1.165, 1.54) is 35.8 Å². The van der Waals surface area contributed by atoms with E-state index in [1.54, 1.807) is 49.3 Å². The number of sulfonamides is 1. The normalized spacial score (nSPS) is 11.5. The molecule has 3 aromatic rings. The van der Waals surface area contributed by atoms with Gasteiger partial charge in [0.25, 0.3) is 5.91 Å². The third-order valence-corrected chi connectivity index (χ3v) is 6.58. The first-order valence-electron chi connectivity index (χ1n) is 9.34. The fourth-order valence-electron chi connectivity index (χ4n) is 2.94. The fourth-order valence-corrected chi connectivity index (χ4v) is 4.43. The quantitative estimate of drug-likeness (QED) is 0.590. The number of hydrogen-bond acceptors (Lipinski definition) is 6. The van der Waals surface area contributed by atoms with Gasteiger partial charge in [0, 0.05) is 25.5 Å². The third-order valence-electron chi connectivity index (χ3n) is 4.53. The topological polar surface area (TPSA) is 106 Å². The molecule has 0 atom stereocenters. The van der Waals surface area contributed by atoms with E-state index in [2.05, 4.69) is 15.3 Å². The highest BCUT2D eigenvalue weighted by Crippen LogP contribution is 2.25. The number of hydrogen-bond donors (Lipinski definition) is 1. The Bertz CT molecular complexity index is 1110. The van der Waals surface area contributed by atoms with Crippen LogP contribution in [0.25, 0.3) is 5.82 Å². The summed E-state index contributed by atoms with van der Waals surface area (Å²) < 4.78 is 33.9. The van der Waals surface area contributed by atoms with E-state index in [0.717, 1.165) is 0 Å². The molecule has 0 aliphatic carbocycles. The van der Waals surface area contributed by atoms with Crippen molar-refractivity contribution in [1.29, 1.82) is 0 Å². The number of methoxy groups -OCH3 is 1. The van der Waals surface area contributed by atoms with Gasteiger partial charge in [-0.1, -0.05) is 13.8 Å². The van der Waals surface area contributed by atoms with Crippen LogP contribution < -0.4 is 10.1 Å². The lowest BCUT2D eigenvalue weighted by molar-refractivity contribution is 0.102. The highest BCUT2D eigenvalue weighted by atomic mass is 32.2. The molecule has 0 fully saturated rings. The molecule has 9 nitrogen and oxygen atoms in total. The van der Waals surface area contributed by atoms with Gasteiger partial charge in [0.05, 0.1) is 29.5 Å². The monoisotopic (exact) mass is 429 g/mol. The molecule has 0 unspecified atom stereocenters. The van der Waals surface area contributed by atoms with Crippen LogP contribution in [0.4, 0.5) is 5.69 Å². The zero-order valence-corrected chi connectivity index (χ0v) is 17.8. The Morgan fingerprint density at radius 3 is 2.53 bits per heavy atom. The van der Waals surface area contributed by atoms with Gasteiger partial charge in [-0.2, -0.15) is 4.31 Å². The standard InChI is InChI=1S/C20H23N5O4S/c1-4-25(5-2)30(27,28)16-7-8-18(29-3)17(12-16)20(26)23-15-6-9-19(22-13-15)24-11-10-21-14-24/h6-14H,4-5H2,1-3H3,(H,23,26). The summed E-state index contributed by atoms with van der Waals surface area (Å²) in [4.78, 5) is 21.1. The molecular weight excluding hydrogens is 406 g/mol. The van der Waals surface area contributed by atoms with Crippen molar-refractivity contribution >= 4 is 21.6 Å². The Morgan fingerprint density at radius 1 is 1.20 bits per heavy atom. The number of imidazole rings is 1. The molecule has 0 bridgehead atoms. The van der Waals surface area contributed by atoms with Gasteiger partial charge in [0.2, 0.25) is 10.0 Å². The number of ether oxygens (including phenoxy) is 1. The van der Waals surface area contributed by atoms with Crippen LogP contribution in [0.1, 0.15) is 24.2 Å². The number of rotatable bonds is 8. The van der Waals surface area contributed by atoms with Crippen LogP contribution in [0, 0.1) is 0 Å². The summed E-state index contributed by atoms with van der Waals surface area (Å²) in [7, 11) is -2.29. The lowest BCUT2D eigenvalue weighted by Crippen LogP contribution is -2.30. The molecule has 3 rings (SSSR count). The first-order chi connectivity index (χ1) is 14.4. The van der Waals surface area contributed by atoms with Gasteiger partial charge < -0.3 is 10.1 Å². The number of aromatic nitrogens is 3. The maximum Gasteiger partial charge on any atom is 0.259 e. The highest BCUT2D eigenvalue weighted by Gasteiger charge is 2.24. The first-order valence-corrected chi connectivity index (χ1v) is 10.8. The number of carbonyl (C=O) groups excluding carboxylic acids is 1. The van der Waals surface area contributed by atoms with Crippen molar-refractivity contribution < 1.29 is 17.9 Å². The molecule has 1 amide bonds. The molecule has 0 aliphatic heterocycles. The molecule has 158 valence electrons. The number of anilines is 1.